The molecular formula is C16H26Cl3N3O2. The number of rotatable bonds is 7. The van der Waals surface area contributed by atoms with Crippen molar-refractivity contribution in [2.75, 3.05) is 26.2 Å². The Morgan fingerprint density at radius 1 is 1.29 bits per heavy atom. The Bertz CT molecular complexity index is 511. The maximum Gasteiger partial charge on any atom is 0.269 e. The van der Waals surface area contributed by atoms with Crippen LogP contribution in [0.5, 0.6) is 0 Å². The number of hydrogen-bond acceptors (Lipinski definition) is 4. The molecule has 0 spiro atoms. The Balaban J connectivity index is 0.00000264. The van der Waals surface area contributed by atoms with Gasteiger partial charge in [0.05, 0.1) is 4.92 Å². The lowest BCUT2D eigenvalue weighted by Crippen LogP contribution is -2.45. The Hall–Kier alpha value is -0.590. The highest BCUT2D eigenvalue weighted by atomic mass is 35.5. The van der Waals surface area contributed by atoms with Gasteiger partial charge in [0.25, 0.3) is 5.69 Å². The molecule has 24 heavy (non-hydrogen) atoms. The zero-order chi connectivity index (χ0) is 15.9. The third-order valence-electron chi connectivity index (χ3n) is 4.22. The smallest absolute Gasteiger partial charge is 0.269 e. The summed E-state index contributed by atoms with van der Waals surface area (Å²) in [5, 5.41) is 15.0. The normalized spacial score (nSPS) is 15.9. The monoisotopic (exact) mass is 397 g/mol. The van der Waals surface area contributed by atoms with E-state index in [1.54, 1.807) is 12.1 Å². The SMILES string of the molecule is CCCCC[C@@H](c1cc([N+](=O)[O-])ccc1Cl)N1CCNCC1.Cl.Cl. The molecule has 0 bridgehead atoms. The molecule has 1 fully saturated rings. The number of halogens is 3. The minimum absolute atomic E-state index is 0. The topological polar surface area (TPSA) is 58.4 Å². The zero-order valence-corrected chi connectivity index (χ0v) is 16.3. The molecule has 138 valence electrons. The molecule has 1 heterocycles. The molecule has 0 aromatic heterocycles. The predicted octanol–water partition coefficient (Wildman–Crippen LogP) is 4.62. The quantitative estimate of drug-likeness (QED) is 0.413. The number of benzene rings is 1. The molecular weight excluding hydrogens is 373 g/mol. The summed E-state index contributed by atoms with van der Waals surface area (Å²) < 4.78 is 0. The first-order chi connectivity index (χ1) is 10.6. The van der Waals surface area contributed by atoms with Gasteiger partial charge in [0.1, 0.15) is 0 Å². The zero-order valence-electron chi connectivity index (χ0n) is 13.9. The Morgan fingerprint density at radius 2 is 1.96 bits per heavy atom. The number of hydrogen-bond donors (Lipinski definition) is 1. The molecule has 8 heteroatoms. The van der Waals surface area contributed by atoms with Gasteiger partial charge in [-0.1, -0.05) is 37.8 Å². The third kappa shape index (κ3) is 6.37. The molecule has 5 nitrogen and oxygen atoms in total. The lowest BCUT2D eigenvalue weighted by atomic mass is 9.97. The fourth-order valence-electron chi connectivity index (χ4n) is 3.02. The number of nitro groups is 1. The van der Waals surface area contributed by atoms with Crippen LogP contribution in [0.3, 0.4) is 0 Å². The lowest BCUT2D eigenvalue weighted by molar-refractivity contribution is -0.385. The average Bonchev–Trinajstić information content (AvgIpc) is 2.53. The lowest BCUT2D eigenvalue weighted by Gasteiger charge is -2.35. The fourth-order valence-corrected chi connectivity index (χ4v) is 3.26. The number of nitrogens with zero attached hydrogens (tertiary/aromatic N) is 2. The minimum Gasteiger partial charge on any atom is -0.314 e. The van der Waals surface area contributed by atoms with Crippen molar-refractivity contribution in [2.45, 2.75) is 38.6 Å². The van der Waals surface area contributed by atoms with E-state index in [0.717, 1.165) is 51.0 Å². The summed E-state index contributed by atoms with van der Waals surface area (Å²) in [7, 11) is 0. The van der Waals surface area contributed by atoms with E-state index in [-0.39, 0.29) is 41.5 Å². The summed E-state index contributed by atoms with van der Waals surface area (Å²) in [6.45, 7) is 6.00. The second-order valence-electron chi connectivity index (χ2n) is 5.76. The summed E-state index contributed by atoms with van der Waals surface area (Å²) in [6.07, 6.45) is 4.45. The van der Waals surface area contributed by atoms with Gasteiger partial charge < -0.3 is 5.32 Å². The van der Waals surface area contributed by atoms with Crippen LogP contribution in [0.4, 0.5) is 5.69 Å². The number of nitrogens with one attached hydrogen (secondary N) is 1. The number of non-ortho nitro benzene ring substituents is 1. The third-order valence-corrected chi connectivity index (χ3v) is 4.57. The maximum absolute atomic E-state index is 11.1. The molecule has 0 saturated carbocycles. The molecule has 1 aliphatic rings. The molecule has 1 atom stereocenters. The van der Waals surface area contributed by atoms with E-state index in [0.29, 0.717) is 5.02 Å². The van der Waals surface area contributed by atoms with E-state index < -0.39 is 0 Å². The molecule has 2 rings (SSSR count). The van der Waals surface area contributed by atoms with Gasteiger partial charge in [0.2, 0.25) is 0 Å². The van der Waals surface area contributed by atoms with Crippen molar-refractivity contribution in [1.29, 1.82) is 0 Å². The number of unbranched alkanes of at least 4 members (excludes halogenated alkanes) is 2. The van der Waals surface area contributed by atoms with Gasteiger partial charge in [-0.3, -0.25) is 15.0 Å². The van der Waals surface area contributed by atoms with Crippen LogP contribution >= 0.6 is 36.4 Å². The van der Waals surface area contributed by atoms with Gasteiger partial charge in [-0.15, -0.1) is 24.8 Å². The number of piperazine rings is 1. The number of nitro benzene ring substituents is 1. The van der Waals surface area contributed by atoms with Crippen LogP contribution in [0.25, 0.3) is 0 Å². The van der Waals surface area contributed by atoms with Gasteiger partial charge in [-0.05, 0) is 18.1 Å². The van der Waals surface area contributed by atoms with Crippen LogP contribution in [-0.4, -0.2) is 36.0 Å². The van der Waals surface area contributed by atoms with Gasteiger partial charge in [-0.2, -0.15) is 0 Å². The van der Waals surface area contributed by atoms with Gasteiger partial charge >= 0.3 is 0 Å². The highest BCUT2D eigenvalue weighted by Gasteiger charge is 2.25. The minimum atomic E-state index is -0.347. The maximum atomic E-state index is 11.1. The summed E-state index contributed by atoms with van der Waals surface area (Å²) >= 11 is 6.36. The van der Waals surface area contributed by atoms with E-state index in [4.69, 9.17) is 11.6 Å². The summed E-state index contributed by atoms with van der Waals surface area (Å²) in [5.74, 6) is 0. The van der Waals surface area contributed by atoms with Crippen LogP contribution in [0, 0.1) is 10.1 Å². The van der Waals surface area contributed by atoms with E-state index in [1.165, 1.54) is 12.5 Å². The summed E-state index contributed by atoms with van der Waals surface area (Å²) in [6, 6.07) is 4.96. The Labute approximate surface area is 161 Å². The van der Waals surface area contributed by atoms with Crippen LogP contribution in [0.15, 0.2) is 18.2 Å². The second kappa shape index (κ2) is 11.9. The van der Waals surface area contributed by atoms with Crippen molar-refractivity contribution in [3.8, 4) is 0 Å². The summed E-state index contributed by atoms with van der Waals surface area (Å²) in [4.78, 5) is 13.1. The molecule has 0 amide bonds. The highest BCUT2D eigenvalue weighted by Crippen LogP contribution is 2.34. The molecule has 0 unspecified atom stereocenters. The van der Waals surface area contributed by atoms with Gasteiger partial charge in [0.15, 0.2) is 0 Å². The fraction of sp³-hybridized carbons (Fsp3) is 0.625. The summed E-state index contributed by atoms with van der Waals surface area (Å²) in [5.41, 5.74) is 1.02. The second-order valence-corrected chi connectivity index (χ2v) is 6.17. The van der Waals surface area contributed by atoms with Crippen molar-refractivity contribution in [3.63, 3.8) is 0 Å². The van der Waals surface area contributed by atoms with Crippen LogP contribution in [0.2, 0.25) is 5.02 Å². The van der Waals surface area contributed by atoms with Crippen molar-refractivity contribution < 1.29 is 4.92 Å². The van der Waals surface area contributed by atoms with Crippen molar-refractivity contribution in [1.82, 2.24) is 10.2 Å². The Morgan fingerprint density at radius 3 is 2.54 bits per heavy atom. The van der Waals surface area contributed by atoms with Crippen LogP contribution < -0.4 is 5.32 Å². The molecule has 1 saturated heterocycles. The molecule has 1 aliphatic heterocycles. The van der Waals surface area contributed by atoms with E-state index in [1.807, 2.05) is 0 Å². The average molecular weight is 399 g/mol. The Kier molecular flexibility index (Phi) is 11.6. The van der Waals surface area contributed by atoms with E-state index >= 15 is 0 Å². The first kappa shape index (κ1) is 23.4. The van der Waals surface area contributed by atoms with Crippen molar-refractivity contribution >= 4 is 42.1 Å². The largest absolute Gasteiger partial charge is 0.314 e. The van der Waals surface area contributed by atoms with Crippen molar-refractivity contribution in [2.24, 2.45) is 0 Å². The molecule has 1 N–H and O–H groups in total. The molecule has 1 aromatic carbocycles. The van der Waals surface area contributed by atoms with Crippen LogP contribution in [-0.2, 0) is 0 Å². The standard InChI is InChI=1S/C16H24ClN3O2.2ClH/c1-2-3-4-5-16(19-10-8-18-9-11-19)14-12-13(20(21)22)6-7-15(14)17;;/h6-7,12,16,18H,2-5,8-11H2,1H3;2*1H/t16-;;/m0../s1. The van der Waals surface area contributed by atoms with Crippen molar-refractivity contribution in [3.05, 3.63) is 38.9 Å². The first-order valence-electron chi connectivity index (χ1n) is 8.02. The van der Waals surface area contributed by atoms with Gasteiger partial charge in [0, 0.05) is 49.4 Å². The molecule has 0 radical (unpaired) electrons. The highest BCUT2D eigenvalue weighted by molar-refractivity contribution is 6.31. The van der Waals surface area contributed by atoms with E-state index in [9.17, 15) is 10.1 Å². The van der Waals surface area contributed by atoms with Crippen LogP contribution in [0.1, 0.15) is 44.2 Å². The molecule has 0 aliphatic carbocycles. The predicted molar refractivity (Wildman–Crippen MR) is 104 cm³/mol. The van der Waals surface area contributed by atoms with E-state index in [2.05, 4.69) is 17.1 Å². The van der Waals surface area contributed by atoms with Gasteiger partial charge in [-0.25, -0.2) is 0 Å². The molecule has 1 aromatic rings. The first-order valence-corrected chi connectivity index (χ1v) is 8.40.